The van der Waals surface area contributed by atoms with Crippen LogP contribution in [0.15, 0.2) is 53.3 Å². The Balaban J connectivity index is 1.77. The number of imidazole rings is 1. The smallest absolute Gasteiger partial charge is 0.326 e. The maximum Gasteiger partial charge on any atom is 0.326 e. The van der Waals surface area contributed by atoms with E-state index in [1.807, 2.05) is 43.3 Å². The van der Waals surface area contributed by atoms with Crippen molar-refractivity contribution in [1.82, 2.24) is 14.9 Å². The maximum absolute atomic E-state index is 12.4. The lowest BCUT2D eigenvalue weighted by Crippen LogP contribution is -2.33. The van der Waals surface area contributed by atoms with E-state index < -0.39 is 0 Å². The van der Waals surface area contributed by atoms with Crippen molar-refractivity contribution < 1.29 is 4.79 Å². The van der Waals surface area contributed by atoms with Crippen LogP contribution < -0.4 is 11.0 Å². The van der Waals surface area contributed by atoms with Crippen molar-refractivity contribution in [1.29, 1.82) is 0 Å². The van der Waals surface area contributed by atoms with Crippen LogP contribution in [0.1, 0.15) is 24.9 Å². The van der Waals surface area contributed by atoms with Crippen LogP contribution in [0.5, 0.6) is 0 Å². The summed E-state index contributed by atoms with van der Waals surface area (Å²) in [5.74, 6) is -0.205. The highest BCUT2D eigenvalue weighted by atomic mass is 35.5. The van der Waals surface area contributed by atoms with Crippen molar-refractivity contribution in [2.45, 2.75) is 25.9 Å². The number of halogens is 1. The van der Waals surface area contributed by atoms with Gasteiger partial charge < -0.3 is 10.3 Å². The highest BCUT2D eigenvalue weighted by Crippen LogP contribution is 2.19. The average molecular weight is 344 g/mol. The second-order valence-electron chi connectivity index (χ2n) is 5.61. The van der Waals surface area contributed by atoms with Gasteiger partial charge in [-0.1, -0.05) is 42.8 Å². The first-order valence-corrected chi connectivity index (χ1v) is 8.18. The fourth-order valence-corrected chi connectivity index (χ4v) is 2.89. The fraction of sp³-hybridized carbons (Fsp3) is 0.222. The normalized spacial score (nSPS) is 12.2. The molecule has 2 aromatic carbocycles. The van der Waals surface area contributed by atoms with Crippen LogP contribution in [0.3, 0.4) is 0 Å². The highest BCUT2D eigenvalue weighted by molar-refractivity contribution is 6.30. The van der Waals surface area contributed by atoms with Gasteiger partial charge in [-0.25, -0.2) is 4.79 Å². The Morgan fingerprint density at radius 1 is 1.21 bits per heavy atom. The van der Waals surface area contributed by atoms with E-state index in [-0.39, 0.29) is 24.2 Å². The molecule has 1 amide bonds. The van der Waals surface area contributed by atoms with E-state index in [1.54, 1.807) is 12.1 Å². The summed E-state index contributed by atoms with van der Waals surface area (Å²) in [5.41, 5.74) is 2.14. The second-order valence-corrected chi connectivity index (χ2v) is 6.05. The molecule has 3 aromatic rings. The molecule has 24 heavy (non-hydrogen) atoms. The number of benzene rings is 2. The number of rotatable bonds is 5. The van der Waals surface area contributed by atoms with Crippen molar-refractivity contribution in [2.24, 2.45) is 0 Å². The molecule has 0 radical (unpaired) electrons. The lowest BCUT2D eigenvalue weighted by atomic mass is 10.0. The minimum absolute atomic E-state index is 0.0209. The minimum atomic E-state index is -0.286. The van der Waals surface area contributed by atoms with Crippen LogP contribution in [-0.4, -0.2) is 15.5 Å². The van der Waals surface area contributed by atoms with Gasteiger partial charge in [0.15, 0.2) is 0 Å². The monoisotopic (exact) mass is 343 g/mol. The number of nitrogens with zero attached hydrogens (tertiary/aromatic N) is 1. The third kappa shape index (κ3) is 3.36. The summed E-state index contributed by atoms with van der Waals surface area (Å²) in [6, 6.07) is 14.6. The molecule has 0 spiro atoms. The zero-order chi connectivity index (χ0) is 17.1. The standard InChI is InChI=1S/C18H18ClN3O2/c1-2-14(12-7-9-13(19)10-8-12)20-17(23)11-22-16-6-4-3-5-15(16)21-18(22)24/h3-10,14H,2,11H2,1H3,(H,20,23)(H,21,24). The van der Waals surface area contributed by atoms with Crippen molar-refractivity contribution in [3.63, 3.8) is 0 Å². The molecular weight excluding hydrogens is 326 g/mol. The second kappa shape index (κ2) is 6.93. The Bertz CT molecular complexity index is 912. The lowest BCUT2D eigenvalue weighted by molar-refractivity contribution is -0.122. The quantitative estimate of drug-likeness (QED) is 0.746. The average Bonchev–Trinajstić information content (AvgIpc) is 2.89. The number of para-hydroxylation sites is 2. The number of hydrogen-bond acceptors (Lipinski definition) is 2. The highest BCUT2D eigenvalue weighted by Gasteiger charge is 2.15. The van der Waals surface area contributed by atoms with Gasteiger partial charge in [0.25, 0.3) is 0 Å². The summed E-state index contributed by atoms with van der Waals surface area (Å²) in [5, 5.41) is 3.63. The van der Waals surface area contributed by atoms with Gasteiger partial charge in [0.2, 0.25) is 5.91 Å². The van der Waals surface area contributed by atoms with Gasteiger partial charge in [-0.3, -0.25) is 9.36 Å². The van der Waals surface area contributed by atoms with Crippen LogP contribution in [0, 0.1) is 0 Å². The number of aromatic amines is 1. The molecule has 1 unspecified atom stereocenters. The van der Waals surface area contributed by atoms with Crippen LogP contribution in [-0.2, 0) is 11.3 Å². The number of nitrogens with one attached hydrogen (secondary N) is 2. The number of carbonyl (C=O) groups is 1. The van der Waals surface area contributed by atoms with Crippen LogP contribution in [0.2, 0.25) is 5.02 Å². The Morgan fingerprint density at radius 2 is 1.92 bits per heavy atom. The van der Waals surface area contributed by atoms with Gasteiger partial charge in [0.1, 0.15) is 6.54 Å². The summed E-state index contributed by atoms with van der Waals surface area (Å²) < 4.78 is 1.44. The predicted octanol–water partition coefficient (Wildman–Crippen LogP) is 3.25. The minimum Gasteiger partial charge on any atom is -0.348 e. The van der Waals surface area contributed by atoms with Crippen LogP contribution in [0.4, 0.5) is 0 Å². The van der Waals surface area contributed by atoms with Crippen molar-refractivity contribution in [2.75, 3.05) is 0 Å². The molecule has 6 heteroatoms. The molecule has 0 aliphatic heterocycles. The number of aromatic nitrogens is 2. The summed E-state index contributed by atoms with van der Waals surface area (Å²) in [6.45, 7) is 1.98. The molecule has 1 heterocycles. The molecule has 124 valence electrons. The van der Waals surface area contributed by atoms with E-state index in [9.17, 15) is 9.59 Å². The van der Waals surface area contributed by atoms with Crippen molar-refractivity contribution >= 4 is 28.5 Å². The zero-order valence-corrected chi connectivity index (χ0v) is 14.0. The lowest BCUT2D eigenvalue weighted by Gasteiger charge is -2.17. The molecule has 0 aliphatic carbocycles. The Kier molecular flexibility index (Phi) is 4.71. The Hall–Kier alpha value is -2.53. The van der Waals surface area contributed by atoms with Gasteiger partial charge in [0, 0.05) is 5.02 Å². The zero-order valence-electron chi connectivity index (χ0n) is 13.3. The van der Waals surface area contributed by atoms with Gasteiger partial charge in [-0.05, 0) is 36.2 Å². The van der Waals surface area contributed by atoms with Gasteiger partial charge >= 0.3 is 5.69 Å². The molecule has 3 rings (SSSR count). The SMILES string of the molecule is CCC(NC(=O)Cn1c(=O)[nH]c2ccccc21)c1ccc(Cl)cc1. The third-order valence-electron chi connectivity index (χ3n) is 4.00. The van der Waals surface area contributed by atoms with Crippen LogP contribution in [0.25, 0.3) is 11.0 Å². The third-order valence-corrected chi connectivity index (χ3v) is 4.25. The van der Waals surface area contributed by atoms with Gasteiger partial charge in [-0.15, -0.1) is 0 Å². The molecule has 0 aliphatic rings. The van der Waals surface area contributed by atoms with E-state index in [0.717, 1.165) is 23.0 Å². The molecule has 0 saturated carbocycles. The number of fused-ring (bicyclic) bond motifs is 1. The predicted molar refractivity (Wildman–Crippen MR) is 95.2 cm³/mol. The summed E-state index contributed by atoms with van der Waals surface area (Å²) in [7, 11) is 0. The van der Waals surface area contributed by atoms with E-state index in [0.29, 0.717) is 5.02 Å². The topological polar surface area (TPSA) is 66.9 Å². The van der Waals surface area contributed by atoms with Gasteiger partial charge in [0.05, 0.1) is 17.1 Å². The summed E-state index contributed by atoms with van der Waals surface area (Å²) in [4.78, 5) is 27.2. The van der Waals surface area contributed by atoms with Gasteiger partial charge in [-0.2, -0.15) is 0 Å². The summed E-state index contributed by atoms with van der Waals surface area (Å²) >= 11 is 5.90. The molecule has 1 aromatic heterocycles. The molecule has 0 saturated heterocycles. The fourth-order valence-electron chi connectivity index (χ4n) is 2.76. The number of H-pyrrole nitrogens is 1. The molecule has 5 nitrogen and oxygen atoms in total. The number of amides is 1. The van der Waals surface area contributed by atoms with E-state index in [4.69, 9.17) is 11.6 Å². The number of carbonyl (C=O) groups excluding carboxylic acids is 1. The van der Waals surface area contributed by atoms with Crippen molar-refractivity contribution in [3.8, 4) is 0 Å². The van der Waals surface area contributed by atoms with E-state index in [1.165, 1.54) is 4.57 Å². The first-order chi connectivity index (χ1) is 11.6. The van der Waals surface area contributed by atoms with Crippen LogP contribution >= 0.6 is 11.6 Å². The maximum atomic E-state index is 12.4. The molecule has 1 atom stereocenters. The Morgan fingerprint density at radius 3 is 2.62 bits per heavy atom. The number of hydrogen-bond donors (Lipinski definition) is 2. The van der Waals surface area contributed by atoms with E-state index in [2.05, 4.69) is 10.3 Å². The van der Waals surface area contributed by atoms with E-state index >= 15 is 0 Å². The molecule has 0 fully saturated rings. The first-order valence-electron chi connectivity index (χ1n) is 7.81. The van der Waals surface area contributed by atoms with Crippen molar-refractivity contribution in [3.05, 3.63) is 69.6 Å². The Labute approximate surface area is 144 Å². The largest absolute Gasteiger partial charge is 0.348 e. The first kappa shape index (κ1) is 16.3. The summed E-state index contributed by atoms with van der Waals surface area (Å²) in [6.07, 6.45) is 0.746. The molecule has 2 N–H and O–H groups in total. The molecule has 0 bridgehead atoms. The molecular formula is C18H18ClN3O2.